The van der Waals surface area contributed by atoms with Crippen LogP contribution in [0.25, 0.3) is 0 Å². The highest BCUT2D eigenvalue weighted by Gasteiger charge is 2.32. The third-order valence-electron chi connectivity index (χ3n) is 5.53. The molecule has 0 unspecified atom stereocenters. The van der Waals surface area contributed by atoms with E-state index in [0.717, 1.165) is 16.8 Å². The first-order valence-corrected chi connectivity index (χ1v) is 11.9. The van der Waals surface area contributed by atoms with Gasteiger partial charge in [0.2, 0.25) is 15.9 Å². The standard InChI is InChI=1S/C22H27ClN2O4S/c1-4-29-21-9-8-18(14-19(21)23)30(27,28)25-12-10-17(11-13-25)22(26)24-20-7-5-6-15(2)16(20)3/h5-9,14,17H,4,10-13H2,1-3H3,(H,24,26). The summed E-state index contributed by atoms with van der Waals surface area (Å²) in [6, 6.07) is 10.3. The maximum Gasteiger partial charge on any atom is 0.243 e. The number of aryl methyl sites for hydroxylation is 1. The number of carbonyl (C=O) groups is 1. The summed E-state index contributed by atoms with van der Waals surface area (Å²) in [7, 11) is -3.67. The summed E-state index contributed by atoms with van der Waals surface area (Å²) in [5.41, 5.74) is 2.96. The van der Waals surface area contributed by atoms with Gasteiger partial charge in [0.15, 0.2) is 0 Å². The van der Waals surface area contributed by atoms with Gasteiger partial charge < -0.3 is 10.1 Å². The van der Waals surface area contributed by atoms with E-state index in [0.29, 0.717) is 25.2 Å². The molecule has 1 aliphatic rings. The van der Waals surface area contributed by atoms with E-state index < -0.39 is 10.0 Å². The average molecular weight is 451 g/mol. The molecule has 0 atom stereocenters. The van der Waals surface area contributed by atoms with Gasteiger partial charge in [-0.2, -0.15) is 4.31 Å². The number of halogens is 1. The van der Waals surface area contributed by atoms with Gasteiger partial charge in [-0.25, -0.2) is 8.42 Å². The smallest absolute Gasteiger partial charge is 0.243 e. The van der Waals surface area contributed by atoms with E-state index >= 15 is 0 Å². The summed E-state index contributed by atoms with van der Waals surface area (Å²) in [5, 5.41) is 3.26. The zero-order valence-corrected chi connectivity index (χ0v) is 19.0. The molecule has 2 aromatic rings. The summed E-state index contributed by atoms with van der Waals surface area (Å²) in [5.74, 6) is 0.171. The molecular formula is C22H27ClN2O4S. The van der Waals surface area contributed by atoms with Crippen molar-refractivity contribution in [1.29, 1.82) is 0 Å². The van der Waals surface area contributed by atoms with Crippen molar-refractivity contribution in [1.82, 2.24) is 4.31 Å². The zero-order chi connectivity index (χ0) is 21.9. The molecule has 1 heterocycles. The molecule has 30 heavy (non-hydrogen) atoms. The molecule has 1 saturated heterocycles. The van der Waals surface area contributed by atoms with Gasteiger partial charge >= 0.3 is 0 Å². The minimum Gasteiger partial charge on any atom is -0.492 e. The van der Waals surface area contributed by atoms with E-state index in [1.54, 1.807) is 6.07 Å². The highest BCUT2D eigenvalue weighted by atomic mass is 35.5. The maximum absolute atomic E-state index is 13.0. The number of nitrogens with zero attached hydrogens (tertiary/aromatic N) is 1. The number of ether oxygens (including phenoxy) is 1. The van der Waals surface area contributed by atoms with Gasteiger partial charge in [-0.3, -0.25) is 4.79 Å². The number of hydrogen-bond donors (Lipinski definition) is 1. The van der Waals surface area contributed by atoms with Crippen LogP contribution in [0.5, 0.6) is 5.75 Å². The van der Waals surface area contributed by atoms with Crippen LogP contribution >= 0.6 is 11.6 Å². The van der Waals surface area contributed by atoms with Crippen molar-refractivity contribution in [2.45, 2.75) is 38.5 Å². The predicted molar refractivity (Wildman–Crippen MR) is 119 cm³/mol. The van der Waals surface area contributed by atoms with Crippen LogP contribution in [0.4, 0.5) is 5.69 Å². The lowest BCUT2D eigenvalue weighted by molar-refractivity contribution is -0.120. The van der Waals surface area contributed by atoms with Gasteiger partial charge in [0.25, 0.3) is 0 Å². The molecule has 1 N–H and O–H groups in total. The Kier molecular flexibility index (Phi) is 7.06. The van der Waals surface area contributed by atoms with Crippen LogP contribution < -0.4 is 10.1 Å². The monoisotopic (exact) mass is 450 g/mol. The third-order valence-corrected chi connectivity index (χ3v) is 7.72. The first kappa shape index (κ1) is 22.6. The highest BCUT2D eigenvalue weighted by molar-refractivity contribution is 7.89. The zero-order valence-electron chi connectivity index (χ0n) is 17.4. The minimum atomic E-state index is -3.67. The molecule has 0 aromatic heterocycles. The van der Waals surface area contributed by atoms with E-state index in [1.807, 2.05) is 39.0 Å². The SMILES string of the molecule is CCOc1ccc(S(=O)(=O)N2CCC(C(=O)Nc3cccc(C)c3C)CC2)cc1Cl. The molecule has 0 saturated carbocycles. The van der Waals surface area contributed by atoms with Crippen LogP contribution in [0.3, 0.4) is 0 Å². The van der Waals surface area contributed by atoms with Gasteiger partial charge in [0, 0.05) is 24.7 Å². The van der Waals surface area contributed by atoms with Gasteiger partial charge in [0.1, 0.15) is 5.75 Å². The van der Waals surface area contributed by atoms with Crippen molar-refractivity contribution in [3.05, 3.63) is 52.5 Å². The van der Waals surface area contributed by atoms with E-state index in [-0.39, 0.29) is 34.8 Å². The fraction of sp³-hybridized carbons (Fsp3) is 0.409. The van der Waals surface area contributed by atoms with Crippen LogP contribution in [-0.4, -0.2) is 38.3 Å². The Hall–Kier alpha value is -2.09. The molecular weight excluding hydrogens is 424 g/mol. The van der Waals surface area contributed by atoms with E-state index in [2.05, 4.69) is 5.32 Å². The van der Waals surface area contributed by atoms with Gasteiger partial charge in [-0.05, 0) is 69.0 Å². The molecule has 6 nitrogen and oxygen atoms in total. The largest absolute Gasteiger partial charge is 0.492 e. The Balaban J connectivity index is 1.65. The Labute approximate surface area is 183 Å². The van der Waals surface area contributed by atoms with Crippen molar-refractivity contribution in [3.63, 3.8) is 0 Å². The number of sulfonamides is 1. The van der Waals surface area contributed by atoms with Gasteiger partial charge in [-0.15, -0.1) is 0 Å². The van der Waals surface area contributed by atoms with Gasteiger partial charge in [-0.1, -0.05) is 23.7 Å². The number of piperidine rings is 1. The molecule has 1 fully saturated rings. The number of anilines is 1. The highest BCUT2D eigenvalue weighted by Crippen LogP contribution is 2.31. The number of hydrogen-bond acceptors (Lipinski definition) is 4. The van der Waals surface area contributed by atoms with Crippen molar-refractivity contribution >= 4 is 33.2 Å². The molecule has 3 rings (SSSR count). The fourth-order valence-electron chi connectivity index (χ4n) is 3.54. The number of rotatable bonds is 6. The molecule has 162 valence electrons. The normalized spacial score (nSPS) is 15.7. The van der Waals surface area contributed by atoms with Crippen LogP contribution in [0.1, 0.15) is 30.9 Å². The topological polar surface area (TPSA) is 75.7 Å². The molecule has 0 radical (unpaired) electrons. The summed E-state index contributed by atoms with van der Waals surface area (Å²) in [4.78, 5) is 12.8. The second-order valence-electron chi connectivity index (χ2n) is 7.44. The third kappa shape index (κ3) is 4.79. The van der Waals surface area contributed by atoms with E-state index in [4.69, 9.17) is 16.3 Å². The number of amides is 1. The summed E-state index contributed by atoms with van der Waals surface area (Å²) < 4.78 is 32.8. The van der Waals surface area contributed by atoms with Crippen LogP contribution in [0.2, 0.25) is 5.02 Å². The van der Waals surface area contributed by atoms with Crippen molar-refractivity contribution < 1.29 is 17.9 Å². The average Bonchev–Trinajstić information content (AvgIpc) is 2.73. The van der Waals surface area contributed by atoms with E-state index in [1.165, 1.54) is 16.4 Å². The summed E-state index contributed by atoms with van der Waals surface area (Å²) in [6.07, 6.45) is 0.946. The Morgan fingerprint density at radius 2 is 1.90 bits per heavy atom. The van der Waals surface area contributed by atoms with Crippen molar-refractivity contribution in [2.24, 2.45) is 5.92 Å². The molecule has 0 spiro atoms. The maximum atomic E-state index is 13.0. The Bertz CT molecular complexity index is 1030. The molecule has 1 amide bonds. The molecule has 2 aromatic carbocycles. The van der Waals surface area contributed by atoms with E-state index in [9.17, 15) is 13.2 Å². The van der Waals surface area contributed by atoms with Crippen molar-refractivity contribution in [3.8, 4) is 5.75 Å². The summed E-state index contributed by atoms with van der Waals surface area (Å²) >= 11 is 6.16. The second kappa shape index (κ2) is 9.37. The van der Waals surface area contributed by atoms with Crippen molar-refractivity contribution in [2.75, 3.05) is 25.0 Å². The predicted octanol–water partition coefficient (Wildman–Crippen LogP) is 4.39. The molecule has 1 aliphatic heterocycles. The van der Waals surface area contributed by atoms with Crippen LogP contribution in [0, 0.1) is 19.8 Å². The summed E-state index contributed by atoms with van der Waals surface area (Å²) in [6.45, 7) is 6.84. The fourth-order valence-corrected chi connectivity index (χ4v) is 5.34. The Morgan fingerprint density at radius 1 is 1.20 bits per heavy atom. The lowest BCUT2D eigenvalue weighted by Crippen LogP contribution is -2.41. The minimum absolute atomic E-state index is 0.0649. The number of carbonyl (C=O) groups excluding carboxylic acids is 1. The lowest BCUT2D eigenvalue weighted by Gasteiger charge is -2.30. The van der Waals surface area contributed by atoms with Gasteiger partial charge in [0.05, 0.1) is 16.5 Å². The lowest BCUT2D eigenvalue weighted by atomic mass is 9.97. The number of nitrogens with one attached hydrogen (secondary N) is 1. The molecule has 0 aliphatic carbocycles. The first-order chi connectivity index (χ1) is 14.2. The first-order valence-electron chi connectivity index (χ1n) is 10.0. The molecule has 8 heteroatoms. The number of benzene rings is 2. The second-order valence-corrected chi connectivity index (χ2v) is 9.79. The quantitative estimate of drug-likeness (QED) is 0.707. The Morgan fingerprint density at radius 3 is 2.53 bits per heavy atom. The van der Waals surface area contributed by atoms with Crippen LogP contribution in [0.15, 0.2) is 41.3 Å². The van der Waals surface area contributed by atoms with Crippen LogP contribution in [-0.2, 0) is 14.8 Å². The molecule has 0 bridgehead atoms.